The van der Waals surface area contributed by atoms with Crippen molar-refractivity contribution in [1.29, 1.82) is 0 Å². The van der Waals surface area contributed by atoms with Crippen LogP contribution in [0.1, 0.15) is 19.5 Å². The number of anilines is 1. The number of rotatable bonds is 4. The Morgan fingerprint density at radius 2 is 2.12 bits per heavy atom. The van der Waals surface area contributed by atoms with Gasteiger partial charge >= 0.3 is 0 Å². The summed E-state index contributed by atoms with van der Waals surface area (Å²) in [6.45, 7) is 4.99. The van der Waals surface area contributed by atoms with Gasteiger partial charge in [-0.05, 0) is 25.5 Å². The highest BCUT2D eigenvalue weighted by Crippen LogP contribution is 2.29. The molecule has 2 heterocycles. The van der Waals surface area contributed by atoms with E-state index in [-0.39, 0.29) is 0 Å². The zero-order chi connectivity index (χ0) is 12.3. The maximum Gasteiger partial charge on any atom is 0.171 e. The van der Waals surface area contributed by atoms with Crippen LogP contribution < -0.4 is 5.32 Å². The van der Waals surface area contributed by atoms with E-state index in [1.807, 2.05) is 18.2 Å². The number of hydrogen-bond acceptors (Lipinski definition) is 4. The molecular formula is C12H14ClN3S. The van der Waals surface area contributed by atoms with E-state index in [1.165, 1.54) is 11.3 Å². The van der Waals surface area contributed by atoms with Crippen molar-refractivity contribution in [3.8, 4) is 10.7 Å². The maximum absolute atomic E-state index is 5.93. The fourth-order valence-electron chi connectivity index (χ4n) is 1.49. The minimum absolute atomic E-state index is 0.747. The second kappa shape index (κ2) is 5.47. The van der Waals surface area contributed by atoms with Gasteiger partial charge in [0.25, 0.3) is 0 Å². The summed E-state index contributed by atoms with van der Waals surface area (Å²) in [5.41, 5.74) is 1.04. The van der Waals surface area contributed by atoms with Crippen molar-refractivity contribution in [2.24, 2.45) is 0 Å². The fraction of sp³-hybridized carbons (Fsp3) is 0.333. The lowest BCUT2D eigenvalue weighted by atomic mass is 10.3. The number of nitrogens with zero attached hydrogens (tertiary/aromatic N) is 2. The largest absolute Gasteiger partial charge is 0.370 e. The summed E-state index contributed by atoms with van der Waals surface area (Å²) in [6, 6.07) is 5.82. The Hall–Kier alpha value is -1.13. The Labute approximate surface area is 110 Å². The van der Waals surface area contributed by atoms with E-state index in [2.05, 4.69) is 29.1 Å². The van der Waals surface area contributed by atoms with Crippen molar-refractivity contribution in [2.75, 3.05) is 11.9 Å². The topological polar surface area (TPSA) is 37.8 Å². The molecule has 0 saturated heterocycles. The number of aryl methyl sites for hydroxylation is 1. The molecule has 0 fully saturated rings. The normalized spacial score (nSPS) is 10.5. The summed E-state index contributed by atoms with van der Waals surface area (Å²) in [5.74, 6) is 1.62. The molecule has 0 unspecified atom stereocenters. The Kier molecular flexibility index (Phi) is 3.97. The molecule has 2 aromatic rings. The molecule has 0 bridgehead atoms. The molecule has 0 amide bonds. The lowest BCUT2D eigenvalue weighted by Crippen LogP contribution is -2.03. The lowest BCUT2D eigenvalue weighted by molar-refractivity contribution is 1.00. The van der Waals surface area contributed by atoms with E-state index < -0.39 is 0 Å². The average molecular weight is 268 g/mol. The third-order valence-corrected chi connectivity index (χ3v) is 3.52. The van der Waals surface area contributed by atoms with Crippen LogP contribution >= 0.6 is 22.9 Å². The van der Waals surface area contributed by atoms with Gasteiger partial charge in [0.15, 0.2) is 5.82 Å². The molecule has 0 atom stereocenters. The van der Waals surface area contributed by atoms with Crippen LogP contribution in [0.15, 0.2) is 18.2 Å². The molecule has 17 heavy (non-hydrogen) atoms. The van der Waals surface area contributed by atoms with Gasteiger partial charge in [-0.1, -0.05) is 18.5 Å². The van der Waals surface area contributed by atoms with Gasteiger partial charge in [0, 0.05) is 18.3 Å². The molecule has 5 heteroatoms. The van der Waals surface area contributed by atoms with Gasteiger partial charge in [0.05, 0.1) is 9.21 Å². The zero-order valence-electron chi connectivity index (χ0n) is 9.83. The summed E-state index contributed by atoms with van der Waals surface area (Å²) >= 11 is 7.43. The molecule has 0 saturated carbocycles. The average Bonchev–Trinajstić information content (AvgIpc) is 2.76. The maximum atomic E-state index is 5.93. The predicted molar refractivity (Wildman–Crippen MR) is 73.9 cm³/mol. The van der Waals surface area contributed by atoms with Gasteiger partial charge in [-0.2, -0.15) is 0 Å². The van der Waals surface area contributed by atoms with Crippen LogP contribution in [0.2, 0.25) is 4.34 Å². The third kappa shape index (κ3) is 2.96. The van der Waals surface area contributed by atoms with E-state index in [9.17, 15) is 0 Å². The zero-order valence-corrected chi connectivity index (χ0v) is 11.4. The van der Waals surface area contributed by atoms with E-state index in [0.29, 0.717) is 0 Å². The summed E-state index contributed by atoms with van der Waals surface area (Å²) in [6.07, 6.45) is 0.896. The monoisotopic (exact) mass is 267 g/mol. The van der Waals surface area contributed by atoms with E-state index in [0.717, 1.165) is 39.5 Å². The van der Waals surface area contributed by atoms with Gasteiger partial charge in [-0.15, -0.1) is 11.3 Å². The Bertz CT molecular complexity index is 510. The molecule has 0 radical (unpaired) electrons. The Balaban J connectivity index is 2.42. The smallest absolute Gasteiger partial charge is 0.171 e. The summed E-state index contributed by atoms with van der Waals surface area (Å²) < 4.78 is 0.760. The van der Waals surface area contributed by atoms with Crippen LogP contribution in [0.4, 0.5) is 5.82 Å². The molecule has 90 valence electrons. The van der Waals surface area contributed by atoms with Crippen LogP contribution in [0, 0.1) is 0 Å². The van der Waals surface area contributed by atoms with Gasteiger partial charge in [0.1, 0.15) is 5.82 Å². The summed E-state index contributed by atoms with van der Waals surface area (Å²) in [7, 11) is 0. The van der Waals surface area contributed by atoms with Gasteiger partial charge in [0.2, 0.25) is 0 Å². The molecule has 2 rings (SSSR count). The number of aromatic nitrogens is 2. The van der Waals surface area contributed by atoms with Crippen LogP contribution in [0.3, 0.4) is 0 Å². The van der Waals surface area contributed by atoms with Crippen molar-refractivity contribution < 1.29 is 0 Å². The first-order valence-corrected chi connectivity index (χ1v) is 6.80. The summed E-state index contributed by atoms with van der Waals surface area (Å²) in [5, 5.41) is 3.22. The highest BCUT2D eigenvalue weighted by atomic mass is 35.5. The molecule has 1 N–H and O–H groups in total. The summed E-state index contributed by atoms with van der Waals surface area (Å²) in [4.78, 5) is 10.0. The van der Waals surface area contributed by atoms with Gasteiger partial charge < -0.3 is 5.32 Å². The first-order chi connectivity index (χ1) is 8.22. The van der Waals surface area contributed by atoms with Crippen molar-refractivity contribution >= 4 is 28.8 Å². The van der Waals surface area contributed by atoms with Crippen LogP contribution in [-0.4, -0.2) is 16.5 Å². The second-order valence-corrected chi connectivity index (χ2v) is 5.27. The molecule has 2 aromatic heterocycles. The molecule has 0 aliphatic rings. The van der Waals surface area contributed by atoms with Crippen LogP contribution in [-0.2, 0) is 6.42 Å². The molecular weight excluding hydrogens is 254 g/mol. The van der Waals surface area contributed by atoms with Crippen LogP contribution in [0.5, 0.6) is 0 Å². The Morgan fingerprint density at radius 3 is 2.71 bits per heavy atom. The highest BCUT2D eigenvalue weighted by molar-refractivity contribution is 7.19. The molecule has 0 aliphatic heterocycles. The van der Waals surface area contributed by atoms with Crippen molar-refractivity contribution in [3.05, 3.63) is 28.2 Å². The molecule has 0 aromatic carbocycles. The lowest BCUT2D eigenvalue weighted by Gasteiger charge is -2.06. The molecule has 3 nitrogen and oxygen atoms in total. The van der Waals surface area contributed by atoms with Crippen LogP contribution in [0.25, 0.3) is 10.7 Å². The van der Waals surface area contributed by atoms with Gasteiger partial charge in [-0.3, -0.25) is 0 Å². The number of halogens is 1. The Morgan fingerprint density at radius 1 is 1.29 bits per heavy atom. The molecule has 0 spiro atoms. The number of thiophene rings is 1. The van der Waals surface area contributed by atoms with E-state index in [4.69, 9.17) is 11.6 Å². The first-order valence-electron chi connectivity index (χ1n) is 5.60. The molecule has 0 aliphatic carbocycles. The fourth-order valence-corrected chi connectivity index (χ4v) is 2.47. The third-order valence-electron chi connectivity index (χ3n) is 2.29. The minimum Gasteiger partial charge on any atom is -0.370 e. The van der Waals surface area contributed by atoms with Crippen molar-refractivity contribution in [2.45, 2.75) is 20.3 Å². The number of hydrogen-bond donors (Lipinski definition) is 1. The van der Waals surface area contributed by atoms with Gasteiger partial charge in [-0.25, -0.2) is 9.97 Å². The predicted octanol–water partition coefficient (Wildman–Crippen LogP) is 3.85. The standard InChI is InChI=1S/C12H14ClN3S/c1-3-8-7-11(14-4-2)16-12(15-8)9-5-6-10(13)17-9/h5-7H,3-4H2,1-2H3,(H,14,15,16). The number of nitrogens with one attached hydrogen (secondary N) is 1. The quantitative estimate of drug-likeness (QED) is 0.914. The van der Waals surface area contributed by atoms with Crippen molar-refractivity contribution in [3.63, 3.8) is 0 Å². The minimum atomic E-state index is 0.747. The van der Waals surface area contributed by atoms with Crippen molar-refractivity contribution in [1.82, 2.24) is 9.97 Å². The highest BCUT2D eigenvalue weighted by Gasteiger charge is 2.08. The SMILES string of the molecule is CCNc1cc(CC)nc(-c2ccc(Cl)s2)n1. The van der Waals surface area contributed by atoms with E-state index >= 15 is 0 Å². The second-order valence-electron chi connectivity index (χ2n) is 3.56. The first kappa shape index (κ1) is 12.3. The van der Waals surface area contributed by atoms with E-state index in [1.54, 1.807) is 0 Å².